The fourth-order valence-electron chi connectivity index (χ4n) is 3.36. The van der Waals surface area contributed by atoms with Crippen LogP contribution in [0.15, 0.2) is 12.1 Å². The summed E-state index contributed by atoms with van der Waals surface area (Å²) in [6.07, 6.45) is 4.97. The minimum atomic E-state index is 0.394. The van der Waals surface area contributed by atoms with Gasteiger partial charge in [-0.25, -0.2) is 4.68 Å². The number of tetrazole rings is 1. The topological polar surface area (TPSA) is 69.6 Å². The standard InChI is InChI=1S/C16H23N5/c1-10-6-4-5-7-15(10)21-16(18-19-20-21)13-9-14(17)12(3)8-11(13)2/h8-10,15H,4-7,17H2,1-3H3. The molecular weight excluding hydrogens is 262 g/mol. The maximum Gasteiger partial charge on any atom is 0.182 e. The van der Waals surface area contributed by atoms with Crippen molar-refractivity contribution < 1.29 is 0 Å². The van der Waals surface area contributed by atoms with Crippen molar-refractivity contribution in [2.75, 3.05) is 5.73 Å². The van der Waals surface area contributed by atoms with Gasteiger partial charge in [-0.05, 0) is 60.2 Å². The highest BCUT2D eigenvalue weighted by molar-refractivity contribution is 5.67. The molecule has 112 valence electrons. The third-order valence-electron chi connectivity index (χ3n) is 4.73. The summed E-state index contributed by atoms with van der Waals surface area (Å²) in [7, 11) is 0. The third kappa shape index (κ3) is 2.52. The molecule has 0 saturated heterocycles. The lowest BCUT2D eigenvalue weighted by atomic mass is 9.86. The second-order valence-electron chi connectivity index (χ2n) is 6.30. The summed E-state index contributed by atoms with van der Waals surface area (Å²) in [4.78, 5) is 0. The average molecular weight is 285 g/mol. The number of aromatic nitrogens is 4. The molecule has 0 aliphatic heterocycles. The SMILES string of the molecule is Cc1cc(C)c(-c2nnnn2C2CCCCC2C)cc1N. The molecule has 2 N–H and O–H groups in total. The van der Waals surface area contributed by atoms with Crippen molar-refractivity contribution in [3.63, 3.8) is 0 Å². The van der Waals surface area contributed by atoms with Gasteiger partial charge in [0.05, 0.1) is 6.04 Å². The van der Waals surface area contributed by atoms with Gasteiger partial charge in [0.25, 0.3) is 0 Å². The molecule has 21 heavy (non-hydrogen) atoms. The number of nitrogens with two attached hydrogens (primary N) is 1. The summed E-state index contributed by atoms with van der Waals surface area (Å²) < 4.78 is 2.01. The minimum absolute atomic E-state index is 0.394. The van der Waals surface area contributed by atoms with Crippen LogP contribution in [-0.2, 0) is 0 Å². The number of benzene rings is 1. The van der Waals surface area contributed by atoms with Crippen molar-refractivity contribution in [1.29, 1.82) is 0 Å². The molecule has 2 aromatic rings. The number of hydrogen-bond acceptors (Lipinski definition) is 4. The maximum absolute atomic E-state index is 6.07. The largest absolute Gasteiger partial charge is 0.398 e. The predicted octanol–water partition coefficient (Wildman–Crippen LogP) is 3.29. The van der Waals surface area contributed by atoms with E-state index in [2.05, 4.69) is 35.4 Å². The minimum Gasteiger partial charge on any atom is -0.398 e. The van der Waals surface area contributed by atoms with Gasteiger partial charge < -0.3 is 5.73 Å². The van der Waals surface area contributed by atoms with Crippen molar-refractivity contribution in [2.24, 2.45) is 5.92 Å². The van der Waals surface area contributed by atoms with E-state index in [9.17, 15) is 0 Å². The zero-order valence-corrected chi connectivity index (χ0v) is 13.0. The van der Waals surface area contributed by atoms with Crippen LogP contribution >= 0.6 is 0 Å². The smallest absolute Gasteiger partial charge is 0.182 e. The lowest BCUT2D eigenvalue weighted by molar-refractivity contribution is 0.239. The van der Waals surface area contributed by atoms with Crippen molar-refractivity contribution in [1.82, 2.24) is 20.2 Å². The molecule has 0 bridgehead atoms. The number of aryl methyl sites for hydroxylation is 2. The highest BCUT2D eigenvalue weighted by Crippen LogP contribution is 2.36. The molecule has 5 heteroatoms. The van der Waals surface area contributed by atoms with Gasteiger partial charge in [-0.15, -0.1) is 5.10 Å². The van der Waals surface area contributed by atoms with Gasteiger partial charge in [-0.1, -0.05) is 25.8 Å². The number of rotatable bonds is 2. The summed E-state index contributed by atoms with van der Waals surface area (Å²) in [5, 5.41) is 12.5. The van der Waals surface area contributed by atoms with Crippen molar-refractivity contribution in [3.05, 3.63) is 23.3 Å². The molecule has 2 atom stereocenters. The van der Waals surface area contributed by atoms with E-state index in [1.807, 2.05) is 17.7 Å². The lowest BCUT2D eigenvalue weighted by Crippen LogP contribution is -2.23. The van der Waals surface area contributed by atoms with E-state index in [1.54, 1.807) is 0 Å². The van der Waals surface area contributed by atoms with E-state index >= 15 is 0 Å². The van der Waals surface area contributed by atoms with Crippen LogP contribution in [-0.4, -0.2) is 20.2 Å². The fourth-order valence-corrected chi connectivity index (χ4v) is 3.36. The van der Waals surface area contributed by atoms with Gasteiger partial charge in [0, 0.05) is 11.3 Å². The summed E-state index contributed by atoms with van der Waals surface area (Å²) in [5.41, 5.74) is 10.2. The lowest BCUT2D eigenvalue weighted by Gasteiger charge is -2.29. The summed E-state index contributed by atoms with van der Waals surface area (Å²) in [6.45, 7) is 6.41. The Balaban J connectivity index is 2.05. The number of nitrogens with zero attached hydrogens (tertiary/aromatic N) is 4. The monoisotopic (exact) mass is 285 g/mol. The number of hydrogen-bond donors (Lipinski definition) is 1. The Kier molecular flexibility index (Phi) is 3.66. The Morgan fingerprint density at radius 3 is 2.67 bits per heavy atom. The van der Waals surface area contributed by atoms with Crippen LogP contribution < -0.4 is 5.73 Å². The molecule has 1 saturated carbocycles. The first-order valence-electron chi connectivity index (χ1n) is 7.73. The van der Waals surface area contributed by atoms with Crippen LogP contribution in [0.4, 0.5) is 5.69 Å². The molecular formula is C16H23N5. The van der Waals surface area contributed by atoms with Crippen LogP contribution in [0.1, 0.15) is 49.8 Å². The highest BCUT2D eigenvalue weighted by atomic mass is 15.5. The molecule has 1 aromatic heterocycles. The summed E-state index contributed by atoms with van der Waals surface area (Å²) in [5.74, 6) is 1.46. The van der Waals surface area contributed by atoms with E-state index in [0.717, 1.165) is 29.1 Å². The zero-order valence-electron chi connectivity index (χ0n) is 13.0. The van der Waals surface area contributed by atoms with Crippen molar-refractivity contribution in [2.45, 2.75) is 52.5 Å². The molecule has 0 spiro atoms. The average Bonchev–Trinajstić information content (AvgIpc) is 2.92. The molecule has 1 fully saturated rings. The van der Waals surface area contributed by atoms with Crippen molar-refractivity contribution >= 4 is 5.69 Å². The second-order valence-corrected chi connectivity index (χ2v) is 6.30. The summed E-state index contributed by atoms with van der Waals surface area (Å²) in [6, 6.07) is 4.50. The first-order valence-corrected chi connectivity index (χ1v) is 7.73. The van der Waals surface area contributed by atoms with Gasteiger partial charge >= 0.3 is 0 Å². The highest BCUT2D eigenvalue weighted by Gasteiger charge is 2.27. The Bertz CT molecular complexity index is 646. The molecule has 1 heterocycles. The zero-order chi connectivity index (χ0) is 15.0. The van der Waals surface area contributed by atoms with Gasteiger partial charge in [0.2, 0.25) is 0 Å². The first-order chi connectivity index (χ1) is 10.1. The molecule has 1 aliphatic carbocycles. The Morgan fingerprint density at radius 2 is 1.90 bits per heavy atom. The molecule has 0 amide bonds. The maximum atomic E-state index is 6.07. The van der Waals surface area contributed by atoms with Crippen molar-refractivity contribution in [3.8, 4) is 11.4 Å². The van der Waals surface area contributed by atoms with Gasteiger partial charge in [-0.2, -0.15) is 0 Å². The van der Waals surface area contributed by atoms with E-state index in [4.69, 9.17) is 5.73 Å². The predicted molar refractivity (Wildman–Crippen MR) is 83.8 cm³/mol. The molecule has 1 aromatic carbocycles. The van der Waals surface area contributed by atoms with Crippen LogP contribution in [0.3, 0.4) is 0 Å². The van der Waals surface area contributed by atoms with Crippen LogP contribution in [0.25, 0.3) is 11.4 Å². The van der Waals surface area contributed by atoms with E-state index in [0.29, 0.717) is 12.0 Å². The molecule has 5 nitrogen and oxygen atoms in total. The molecule has 0 radical (unpaired) electrons. The summed E-state index contributed by atoms with van der Waals surface area (Å²) >= 11 is 0. The normalized spacial score (nSPS) is 22.4. The van der Waals surface area contributed by atoms with Gasteiger partial charge in [0.1, 0.15) is 0 Å². The third-order valence-corrected chi connectivity index (χ3v) is 4.73. The molecule has 2 unspecified atom stereocenters. The van der Waals surface area contributed by atoms with E-state index < -0.39 is 0 Å². The molecule has 3 rings (SSSR count). The first kappa shape index (κ1) is 14.0. The number of nitrogen functional groups attached to an aromatic ring is 1. The van der Waals surface area contributed by atoms with E-state index in [-0.39, 0.29) is 0 Å². The number of anilines is 1. The quantitative estimate of drug-likeness (QED) is 0.860. The van der Waals surface area contributed by atoms with Crippen LogP contribution in [0.5, 0.6) is 0 Å². The molecule has 1 aliphatic rings. The Labute approximate surface area is 125 Å². The van der Waals surface area contributed by atoms with Gasteiger partial charge in [0.15, 0.2) is 5.82 Å². The second kappa shape index (κ2) is 5.47. The van der Waals surface area contributed by atoms with E-state index in [1.165, 1.54) is 24.8 Å². The van der Waals surface area contributed by atoms with Crippen LogP contribution in [0, 0.1) is 19.8 Å². The Morgan fingerprint density at radius 1 is 1.14 bits per heavy atom. The fraction of sp³-hybridized carbons (Fsp3) is 0.562. The van der Waals surface area contributed by atoms with Gasteiger partial charge in [-0.3, -0.25) is 0 Å². The Hall–Kier alpha value is -1.91. The van der Waals surface area contributed by atoms with Crippen LogP contribution in [0.2, 0.25) is 0 Å².